The molecule has 0 aliphatic heterocycles. The Labute approximate surface area is 181 Å². The van der Waals surface area contributed by atoms with Crippen LogP contribution < -0.4 is 15.4 Å². The molecule has 0 saturated carbocycles. The van der Waals surface area contributed by atoms with Gasteiger partial charge in [-0.2, -0.15) is 0 Å². The first kappa shape index (κ1) is 22.0. The van der Waals surface area contributed by atoms with Crippen molar-refractivity contribution in [3.05, 3.63) is 101 Å². The van der Waals surface area contributed by atoms with E-state index in [0.29, 0.717) is 18.8 Å². The highest BCUT2D eigenvalue weighted by atomic mass is 19.1. The maximum absolute atomic E-state index is 12.9. The molecule has 0 unspecified atom stereocenters. The van der Waals surface area contributed by atoms with E-state index in [2.05, 4.69) is 10.6 Å². The lowest BCUT2D eigenvalue weighted by Gasteiger charge is -2.12. The Balaban J connectivity index is 1.37. The summed E-state index contributed by atoms with van der Waals surface area (Å²) in [7, 11) is 0. The summed E-state index contributed by atoms with van der Waals surface area (Å²) in [5.74, 6) is -0.111. The topological polar surface area (TPSA) is 67.4 Å². The smallest absolute Gasteiger partial charge is 0.258 e. The predicted molar refractivity (Wildman–Crippen MR) is 117 cm³/mol. The Kier molecular flexibility index (Phi) is 8.17. The molecule has 0 heterocycles. The highest BCUT2D eigenvalue weighted by molar-refractivity contribution is 5.79. The van der Waals surface area contributed by atoms with Crippen molar-refractivity contribution in [2.75, 3.05) is 19.7 Å². The Morgan fingerprint density at radius 1 is 0.742 bits per heavy atom. The molecule has 3 aromatic carbocycles. The van der Waals surface area contributed by atoms with Crippen LogP contribution in [0.1, 0.15) is 16.7 Å². The number of carbonyl (C=O) groups is 2. The van der Waals surface area contributed by atoms with Crippen molar-refractivity contribution in [2.45, 2.75) is 12.8 Å². The molecular weight excluding hydrogens is 395 g/mol. The van der Waals surface area contributed by atoms with E-state index >= 15 is 0 Å². The molecule has 3 aromatic rings. The number of rotatable bonds is 10. The van der Waals surface area contributed by atoms with Crippen LogP contribution in [0.3, 0.4) is 0 Å². The molecule has 0 bridgehead atoms. The van der Waals surface area contributed by atoms with Crippen LogP contribution in [0, 0.1) is 5.82 Å². The van der Waals surface area contributed by atoms with Gasteiger partial charge in [0.05, 0.1) is 6.42 Å². The number of carbonyl (C=O) groups excluding carboxylic acids is 2. The lowest BCUT2D eigenvalue weighted by Crippen LogP contribution is -2.37. The number of hydrogen-bond acceptors (Lipinski definition) is 3. The van der Waals surface area contributed by atoms with Crippen LogP contribution in [0.4, 0.5) is 4.39 Å². The monoisotopic (exact) mass is 420 g/mol. The molecular formula is C25H25FN2O3. The van der Waals surface area contributed by atoms with Gasteiger partial charge in [0, 0.05) is 19.5 Å². The first-order chi connectivity index (χ1) is 15.1. The third-order valence-electron chi connectivity index (χ3n) is 4.62. The summed E-state index contributed by atoms with van der Waals surface area (Å²) in [6.45, 7) is 0.495. The third-order valence-corrected chi connectivity index (χ3v) is 4.62. The summed E-state index contributed by atoms with van der Waals surface area (Å²) >= 11 is 0. The SMILES string of the molecule is O=C(COc1ccccc1Cc1ccccc1)NCCNC(=O)Cc1ccc(F)cc1. The van der Waals surface area contributed by atoms with E-state index in [0.717, 1.165) is 17.5 Å². The van der Waals surface area contributed by atoms with Crippen LogP contribution in [0.5, 0.6) is 5.75 Å². The van der Waals surface area contributed by atoms with Crippen molar-refractivity contribution in [3.63, 3.8) is 0 Å². The average molecular weight is 420 g/mol. The summed E-state index contributed by atoms with van der Waals surface area (Å²) < 4.78 is 18.6. The normalized spacial score (nSPS) is 10.4. The van der Waals surface area contributed by atoms with Crippen LogP contribution >= 0.6 is 0 Å². The maximum Gasteiger partial charge on any atom is 0.258 e. The van der Waals surface area contributed by atoms with Gasteiger partial charge >= 0.3 is 0 Å². The molecule has 6 heteroatoms. The third kappa shape index (κ3) is 7.59. The molecule has 160 valence electrons. The minimum atomic E-state index is -0.336. The molecule has 0 aromatic heterocycles. The Morgan fingerprint density at radius 2 is 1.39 bits per heavy atom. The van der Waals surface area contributed by atoms with Gasteiger partial charge in [0.1, 0.15) is 11.6 Å². The minimum absolute atomic E-state index is 0.102. The van der Waals surface area contributed by atoms with E-state index in [1.165, 1.54) is 17.7 Å². The zero-order chi connectivity index (χ0) is 21.9. The van der Waals surface area contributed by atoms with Gasteiger partial charge in [0.15, 0.2) is 6.61 Å². The molecule has 0 saturated heterocycles. The number of ether oxygens (including phenoxy) is 1. The molecule has 0 aliphatic rings. The van der Waals surface area contributed by atoms with Gasteiger partial charge in [-0.25, -0.2) is 4.39 Å². The first-order valence-electron chi connectivity index (χ1n) is 10.1. The molecule has 0 radical (unpaired) electrons. The molecule has 31 heavy (non-hydrogen) atoms. The summed E-state index contributed by atoms with van der Waals surface area (Å²) in [6.07, 6.45) is 0.883. The van der Waals surface area contributed by atoms with E-state index in [1.807, 2.05) is 54.6 Å². The van der Waals surface area contributed by atoms with E-state index in [-0.39, 0.29) is 30.7 Å². The highest BCUT2D eigenvalue weighted by Crippen LogP contribution is 2.21. The largest absolute Gasteiger partial charge is 0.483 e. The van der Waals surface area contributed by atoms with E-state index in [9.17, 15) is 14.0 Å². The van der Waals surface area contributed by atoms with Gasteiger partial charge < -0.3 is 15.4 Å². The number of amides is 2. The van der Waals surface area contributed by atoms with Crippen molar-refractivity contribution in [2.24, 2.45) is 0 Å². The molecule has 3 rings (SSSR count). The predicted octanol–water partition coefficient (Wildman–Crippen LogP) is 3.27. The zero-order valence-electron chi connectivity index (χ0n) is 17.1. The summed E-state index contributed by atoms with van der Waals surface area (Å²) in [5.41, 5.74) is 2.90. The zero-order valence-corrected chi connectivity index (χ0v) is 17.1. The van der Waals surface area contributed by atoms with Crippen LogP contribution in [-0.4, -0.2) is 31.5 Å². The van der Waals surface area contributed by atoms with Crippen LogP contribution in [-0.2, 0) is 22.4 Å². The summed E-state index contributed by atoms with van der Waals surface area (Å²) in [5, 5.41) is 5.44. The highest BCUT2D eigenvalue weighted by Gasteiger charge is 2.08. The Hall–Kier alpha value is -3.67. The van der Waals surface area contributed by atoms with Crippen LogP contribution in [0.15, 0.2) is 78.9 Å². The fourth-order valence-electron chi connectivity index (χ4n) is 3.05. The molecule has 0 atom stereocenters. The van der Waals surface area contributed by atoms with Crippen molar-refractivity contribution >= 4 is 11.8 Å². The van der Waals surface area contributed by atoms with E-state index in [4.69, 9.17) is 4.74 Å². The van der Waals surface area contributed by atoms with Gasteiger partial charge in [0.2, 0.25) is 5.91 Å². The van der Waals surface area contributed by atoms with Crippen molar-refractivity contribution in [1.82, 2.24) is 10.6 Å². The van der Waals surface area contributed by atoms with E-state index < -0.39 is 0 Å². The maximum atomic E-state index is 12.9. The molecule has 5 nitrogen and oxygen atoms in total. The second kappa shape index (κ2) is 11.5. The number of halogens is 1. The summed E-state index contributed by atoms with van der Waals surface area (Å²) in [6, 6.07) is 23.5. The van der Waals surface area contributed by atoms with Crippen molar-refractivity contribution < 1.29 is 18.7 Å². The van der Waals surface area contributed by atoms with Gasteiger partial charge in [-0.3, -0.25) is 9.59 Å². The minimum Gasteiger partial charge on any atom is -0.483 e. The van der Waals surface area contributed by atoms with Gasteiger partial charge in [-0.1, -0.05) is 60.7 Å². The first-order valence-corrected chi connectivity index (χ1v) is 10.1. The van der Waals surface area contributed by atoms with Crippen molar-refractivity contribution in [1.29, 1.82) is 0 Å². The Bertz CT molecular complexity index is 991. The standard InChI is InChI=1S/C25H25FN2O3/c26-22-12-10-20(11-13-22)17-24(29)27-14-15-28-25(30)18-31-23-9-5-4-8-21(23)16-19-6-2-1-3-7-19/h1-13H,14-18H2,(H,27,29)(H,28,30). The quantitative estimate of drug-likeness (QED) is 0.495. The molecule has 2 amide bonds. The van der Waals surface area contributed by atoms with Gasteiger partial charge in [-0.05, 0) is 34.9 Å². The lowest BCUT2D eigenvalue weighted by molar-refractivity contribution is -0.124. The van der Waals surface area contributed by atoms with Gasteiger partial charge in [0.25, 0.3) is 5.91 Å². The lowest BCUT2D eigenvalue weighted by atomic mass is 10.0. The number of benzene rings is 3. The summed E-state index contributed by atoms with van der Waals surface area (Å²) in [4.78, 5) is 24.0. The second-order valence-corrected chi connectivity index (χ2v) is 7.06. The number of nitrogens with one attached hydrogen (secondary N) is 2. The van der Waals surface area contributed by atoms with Crippen molar-refractivity contribution in [3.8, 4) is 5.75 Å². The molecule has 2 N–H and O–H groups in total. The fourth-order valence-corrected chi connectivity index (χ4v) is 3.05. The Morgan fingerprint density at radius 3 is 2.13 bits per heavy atom. The second-order valence-electron chi connectivity index (χ2n) is 7.06. The molecule has 0 fully saturated rings. The van der Waals surface area contributed by atoms with Gasteiger partial charge in [-0.15, -0.1) is 0 Å². The number of para-hydroxylation sites is 1. The molecule has 0 aliphatic carbocycles. The fraction of sp³-hybridized carbons (Fsp3) is 0.200. The number of hydrogen-bond donors (Lipinski definition) is 2. The van der Waals surface area contributed by atoms with Crippen LogP contribution in [0.25, 0.3) is 0 Å². The van der Waals surface area contributed by atoms with E-state index in [1.54, 1.807) is 12.1 Å². The van der Waals surface area contributed by atoms with Crippen LogP contribution in [0.2, 0.25) is 0 Å². The average Bonchev–Trinajstić information content (AvgIpc) is 2.78. The molecule has 0 spiro atoms.